The third-order valence-corrected chi connectivity index (χ3v) is 4.29. The first kappa shape index (κ1) is 24.0. The molecule has 1 fully saturated rings. The summed E-state index contributed by atoms with van der Waals surface area (Å²) in [5.74, 6) is 1.71. The molecule has 1 aromatic rings. The molecule has 0 radical (unpaired) electrons. The molecule has 1 aliphatic heterocycles. The van der Waals surface area contributed by atoms with Gasteiger partial charge in [-0.05, 0) is 44.7 Å². The molecule has 1 aliphatic rings. The molecule has 2 atom stereocenters. The third kappa shape index (κ3) is 9.62. The quantitative estimate of drug-likeness (QED) is 0.228. The lowest BCUT2D eigenvalue weighted by Gasteiger charge is -2.19. The molecule has 0 aliphatic carbocycles. The van der Waals surface area contributed by atoms with Gasteiger partial charge in [0.25, 0.3) is 0 Å². The van der Waals surface area contributed by atoms with E-state index in [-0.39, 0.29) is 30.1 Å². The zero-order chi connectivity index (χ0) is 18.6. The second kappa shape index (κ2) is 14.0. The van der Waals surface area contributed by atoms with E-state index in [1.165, 1.54) is 0 Å². The summed E-state index contributed by atoms with van der Waals surface area (Å²) < 4.78 is 17.2. The van der Waals surface area contributed by atoms with Crippen molar-refractivity contribution in [1.82, 2.24) is 10.6 Å². The highest BCUT2D eigenvalue weighted by atomic mass is 127. The Balaban J connectivity index is 0.00000364. The van der Waals surface area contributed by atoms with Gasteiger partial charge in [-0.3, -0.25) is 4.99 Å². The molecule has 1 saturated heterocycles. The van der Waals surface area contributed by atoms with Gasteiger partial charge in [-0.2, -0.15) is 0 Å². The number of halogens is 1. The molecule has 2 N–H and O–H groups in total. The van der Waals surface area contributed by atoms with Gasteiger partial charge in [-0.1, -0.05) is 18.2 Å². The zero-order valence-corrected chi connectivity index (χ0v) is 19.0. The second-order valence-corrected chi connectivity index (χ2v) is 6.64. The highest BCUT2D eigenvalue weighted by molar-refractivity contribution is 14.0. The van der Waals surface area contributed by atoms with Crippen LogP contribution in [-0.4, -0.2) is 58.1 Å². The zero-order valence-electron chi connectivity index (χ0n) is 16.7. The van der Waals surface area contributed by atoms with E-state index in [1.54, 1.807) is 7.05 Å². The van der Waals surface area contributed by atoms with Crippen LogP contribution in [0.5, 0.6) is 5.75 Å². The van der Waals surface area contributed by atoms with Gasteiger partial charge in [0.2, 0.25) is 0 Å². The van der Waals surface area contributed by atoms with Crippen molar-refractivity contribution in [2.24, 2.45) is 4.99 Å². The van der Waals surface area contributed by atoms with Gasteiger partial charge in [0.05, 0.1) is 19.3 Å². The minimum absolute atomic E-state index is 0. The predicted octanol–water partition coefficient (Wildman–Crippen LogP) is 3.13. The lowest BCUT2D eigenvalue weighted by atomic mass is 10.2. The standard InChI is InChI=1S/C20H33N3O3.HI/c1-16-8-4-5-10-19(16)26-17(2)14-23-20(21-3)22-11-7-12-24-15-18-9-6-13-25-18;/h4-5,8,10,17-18H,6-7,9,11-15H2,1-3H3,(H2,21,22,23);1H. The molecule has 0 aromatic heterocycles. The summed E-state index contributed by atoms with van der Waals surface area (Å²) in [5.41, 5.74) is 1.14. The van der Waals surface area contributed by atoms with E-state index in [1.807, 2.05) is 25.1 Å². The third-order valence-electron chi connectivity index (χ3n) is 4.29. The number of guanidine groups is 1. The summed E-state index contributed by atoms with van der Waals surface area (Å²) in [4.78, 5) is 4.24. The summed E-state index contributed by atoms with van der Waals surface area (Å²) in [6.07, 6.45) is 3.56. The number of para-hydroxylation sites is 1. The first-order valence-electron chi connectivity index (χ1n) is 9.55. The van der Waals surface area contributed by atoms with Crippen LogP contribution in [0.4, 0.5) is 0 Å². The number of nitrogens with one attached hydrogen (secondary N) is 2. The number of nitrogens with zero attached hydrogens (tertiary/aromatic N) is 1. The largest absolute Gasteiger partial charge is 0.489 e. The van der Waals surface area contributed by atoms with Crippen LogP contribution in [-0.2, 0) is 9.47 Å². The topological polar surface area (TPSA) is 64.1 Å². The van der Waals surface area contributed by atoms with Crippen LogP contribution in [0, 0.1) is 6.92 Å². The van der Waals surface area contributed by atoms with E-state index in [2.05, 4.69) is 28.6 Å². The van der Waals surface area contributed by atoms with Crippen molar-refractivity contribution in [2.45, 2.75) is 45.3 Å². The van der Waals surface area contributed by atoms with Crippen molar-refractivity contribution in [3.63, 3.8) is 0 Å². The Bertz CT molecular complexity index is 551. The molecule has 0 bridgehead atoms. The fourth-order valence-electron chi connectivity index (χ4n) is 2.78. The molecule has 1 aromatic carbocycles. The number of aryl methyl sites for hydroxylation is 1. The van der Waals surface area contributed by atoms with Gasteiger partial charge in [0, 0.05) is 26.8 Å². The van der Waals surface area contributed by atoms with Gasteiger partial charge in [0.15, 0.2) is 5.96 Å². The molecule has 2 unspecified atom stereocenters. The second-order valence-electron chi connectivity index (χ2n) is 6.64. The maximum atomic E-state index is 5.97. The van der Waals surface area contributed by atoms with Gasteiger partial charge < -0.3 is 24.8 Å². The van der Waals surface area contributed by atoms with Crippen LogP contribution in [0.1, 0.15) is 31.7 Å². The van der Waals surface area contributed by atoms with Crippen molar-refractivity contribution < 1.29 is 14.2 Å². The summed E-state index contributed by atoms with van der Waals surface area (Å²) in [6.45, 7) is 7.92. The Morgan fingerprint density at radius 2 is 2.15 bits per heavy atom. The highest BCUT2D eigenvalue weighted by Crippen LogP contribution is 2.17. The Kier molecular flexibility index (Phi) is 12.4. The van der Waals surface area contributed by atoms with Crippen LogP contribution in [0.3, 0.4) is 0 Å². The Hall–Kier alpha value is -1.06. The van der Waals surface area contributed by atoms with E-state index in [0.29, 0.717) is 19.3 Å². The Morgan fingerprint density at radius 1 is 1.33 bits per heavy atom. The van der Waals surface area contributed by atoms with E-state index in [4.69, 9.17) is 14.2 Å². The average Bonchev–Trinajstić information content (AvgIpc) is 3.16. The maximum Gasteiger partial charge on any atom is 0.191 e. The molecule has 1 heterocycles. The van der Waals surface area contributed by atoms with Gasteiger partial charge in [-0.25, -0.2) is 0 Å². The molecule has 2 rings (SSSR count). The molecular formula is C20H34IN3O3. The number of ether oxygens (including phenoxy) is 3. The van der Waals surface area contributed by atoms with Crippen molar-refractivity contribution in [1.29, 1.82) is 0 Å². The fourth-order valence-corrected chi connectivity index (χ4v) is 2.78. The van der Waals surface area contributed by atoms with E-state index in [0.717, 1.165) is 56.3 Å². The van der Waals surface area contributed by atoms with Crippen LogP contribution in [0.25, 0.3) is 0 Å². The molecule has 154 valence electrons. The number of rotatable bonds is 10. The lowest BCUT2D eigenvalue weighted by molar-refractivity contribution is 0.0168. The van der Waals surface area contributed by atoms with Gasteiger partial charge in [0.1, 0.15) is 11.9 Å². The summed E-state index contributed by atoms with van der Waals surface area (Å²) >= 11 is 0. The van der Waals surface area contributed by atoms with Crippen LogP contribution in [0.2, 0.25) is 0 Å². The SMILES string of the molecule is CN=C(NCCCOCC1CCCO1)NCC(C)Oc1ccccc1C.I. The molecule has 6 nitrogen and oxygen atoms in total. The molecule has 27 heavy (non-hydrogen) atoms. The van der Waals surface area contributed by atoms with Crippen LogP contribution >= 0.6 is 24.0 Å². The van der Waals surface area contributed by atoms with Crippen molar-refractivity contribution in [3.8, 4) is 5.75 Å². The molecule has 0 saturated carbocycles. The summed E-state index contributed by atoms with van der Waals surface area (Å²) in [6, 6.07) is 8.05. The van der Waals surface area contributed by atoms with E-state index in [9.17, 15) is 0 Å². The molecule has 0 spiro atoms. The summed E-state index contributed by atoms with van der Waals surface area (Å²) in [7, 11) is 1.77. The van der Waals surface area contributed by atoms with E-state index < -0.39 is 0 Å². The van der Waals surface area contributed by atoms with Gasteiger partial charge >= 0.3 is 0 Å². The lowest BCUT2D eigenvalue weighted by Crippen LogP contribution is -2.42. The average molecular weight is 491 g/mol. The number of benzene rings is 1. The normalized spacial score (nSPS) is 17.9. The Morgan fingerprint density at radius 3 is 2.85 bits per heavy atom. The fraction of sp³-hybridized carbons (Fsp3) is 0.650. The van der Waals surface area contributed by atoms with Crippen LogP contribution in [0.15, 0.2) is 29.3 Å². The summed E-state index contributed by atoms with van der Waals surface area (Å²) in [5, 5.41) is 6.60. The maximum absolute atomic E-state index is 5.97. The molecule has 7 heteroatoms. The number of hydrogen-bond acceptors (Lipinski definition) is 4. The first-order chi connectivity index (χ1) is 12.7. The molecule has 0 amide bonds. The van der Waals surface area contributed by atoms with Crippen molar-refractivity contribution >= 4 is 29.9 Å². The van der Waals surface area contributed by atoms with Crippen molar-refractivity contribution in [3.05, 3.63) is 29.8 Å². The van der Waals surface area contributed by atoms with Gasteiger partial charge in [-0.15, -0.1) is 24.0 Å². The monoisotopic (exact) mass is 491 g/mol. The Labute approximate surface area is 180 Å². The minimum atomic E-state index is 0. The smallest absolute Gasteiger partial charge is 0.191 e. The number of aliphatic imine (C=N–C) groups is 1. The van der Waals surface area contributed by atoms with Crippen LogP contribution < -0.4 is 15.4 Å². The first-order valence-corrected chi connectivity index (χ1v) is 9.55. The predicted molar refractivity (Wildman–Crippen MR) is 120 cm³/mol. The molecular weight excluding hydrogens is 457 g/mol. The minimum Gasteiger partial charge on any atom is -0.489 e. The van der Waals surface area contributed by atoms with E-state index >= 15 is 0 Å². The number of hydrogen-bond donors (Lipinski definition) is 2. The highest BCUT2D eigenvalue weighted by Gasteiger charge is 2.14. The van der Waals surface area contributed by atoms with Crippen molar-refractivity contribution in [2.75, 3.05) is 40.0 Å².